The normalized spacial score (nSPS) is 10.9. The first-order valence-electron chi connectivity index (χ1n) is 8.30. The molecule has 0 saturated carbocycles. The summed E-state index contributed by atoms with van der Waals surface area (Å²) >= 11 is 15.3. The topological polar surface area (TPSA) is 73.1 Å². The minimum Gasteiger partial charge on any atom is -0.497 e. The number of ether oxygens (including phenoxy) is 2. The molecule has 0 aliphatic heterocycles. The number of carbonyl (C=O) groups excluding carboxylic acids is 1. The Hall–Kier alpha value is -2.48. The van der Waals surface area contributed by atoms with E-state index >= 15 is 0 Å². The van der Waals surface area contributed by atoms with Crippen molar-refractivity contribution in [3.05, 3.63) is 68.8 Å². The lowest BCUT2D eigenvalue weighted by molar-refractivity contribution is -0.123. The number of nitrogens with one attached hydrogen (secondary N) is 1. The highest BCUT2D eigenvalue weighted by Crippen LogP contribution is 2.30. The van der Waals surface area contributed by atoms with Gasteiger partial charge in [-0.25, -0.2) is 5.43 Å². The number of rotatable bonds is 7. The Labute approximate surface area is 185 Å². The lowest BCUT2D eigenvalue weighted by atomic mass is 10.2. The maximum Gasteiger partial charge on any atom is 0.277 e. The fourth-order valence-electron chi connectivity index (χ4n) is 2.30. The van der Waals surface area contributed by atoms with Crippen LogP contribution in [0.4, 0.5) is 0 Å². The van der Waals surface area contributed by atoms with E-state index in [9.17, 15) is 4.79 Å². The predicted octanol–water partition coefficient (Wildman–Crippen LogP) is 5.55. The van der Waals surface area contributed by atoms with Gasteiger partial charge in [0.15, 0.2) is 6.61 Å². The van der Waals surface area contributed by atoms with Gasteiger partial charge in [0.1, 0.15) is 23.0 Å². The highest BCUT2D eigenvalue weighted by Gasteiger charge is 2.08. The van der Waals surface area contributed by atoms with Crippen LogP contribution in [0.2, 0.25) is 10.0 Å². The fourth-order valence-corrected chi connectivity index (χ4v) is 3.07. The molecule has 6 nitrogen and oxygen atoms in total. The molecule has 1 aromatic heterocycles. The summed E-state index contributed by atoms with van der Waals surface area (Å²) in [6, 6.07) is 13.9. The van der Waals surface area contributed by atoms with Crippen molar-refractivity contribution in [2.75, 3.05) is 13.7 Å². The van der Waals surface area contributed by atoms with Crippen molar-refractivity contribution in [1.29, 1.82) is 0 Å². The molecule has 0 atom stereocenters. The number of furan rings is 1. The number of carbonyl (C=O) groups is 1. The zero-order chi connectivity index (χ0) is 20.8. The van der Waals surface area contributed by atoms with Gasteiger partial charge < -0.3 is 13.9 Å². The molecule has 2 aromatic carbocycles. The van der Waals surface area contributed by atoms with E-state index in [0.29, 0.717) is 37.5 Å². The van der Waals surface area contributed by atoms with E-state index in [-0.39, 0.29) is 6.61 Å². The van der Waals surface area contributed by atoms with E-state index < -0.39 is 5.91 Å². The van der Waals surface area contributed by atoms with E-state index in [4.69, 9.17) is 37.1 Å². The van der Waals surface area contributed by atoms with Gasteiger partial charge in [-0.05, 0) is 64.5 Å². The molecule has 3 rings (SSSR count). The highest BCUT2D eigenvalue weighted by atomic mass is 79.9. The second-order valence-corrected chi connectivity index (χ2v) is 7.38. The summed E-state index contributed by atoms with van der Waals surface area (Å²) < 4.78 is 16.9. The van der Waals surface area contributed by atoms with Crippen LogP contribution in [-0.4, -0.2) is 25.8 Å². The van der Waals surface area contributed by atoms with Crippen molar-refractivity contribution >= 4 is 51.3 Å². The zero-order valence-electron chi connectivity index (χ0n) is 15.1. The second-order valence-electron chi connectivity index (χ2n) is 5.71. The van der Waals surface area contributed by atoms with Crippen molar-refractivity contribution in [2.45, 2.75) is 0 Å². The average Bonchev–Trinajstić information content (AvgIpc) is 3.18. The first-order valence-corrected chi connectivity index (χ1v) is 9.84. The van der Waals surface area contributed by atoms with Crippen LogP contribution in [0.5, 0.6) is 11.5 Å². The number of nitrogens with zero attached hydrogens (tertiary/aromatic N) is 1. The van der Waals surface area contributed by atoms with Crippen LogP contribution < -0.4 is 14.9 Å². The number of halogens is 3. The Morgan fingerprint density at radius 3 is 2.72 bits per heavy atom. The SMILES string of the molecule is COc1ccc(OCC(=O)N/N=C/c2ccc(-c3ccc(Cl)c(Cl)c3)o2)c(Br)c1. The molecule has 1 N–H and O–H groups in total. The van der Waals surface area contributed by atoms with Crippen LogP contribution in [-0.2, 0) is 4.79 Å². The van der Waals surface area contributed by atoms with Gasteiger partial charge >= 0.3 is 0 Å². The van der Waals surface area contributed by atoms with Gasteiger partial charge in [0, 0.05) is 5.56 Å². The summed E-state index contributed by atoms with van der Waals surface area (Å²) in [7, 11) is 1.57. The molecule has 3 aromatic rings. The van der Waals surface area contributed by atoms with E-state index in [1.165, 1.54) is 6.21 Å². The fraction of sp³-hybridized carbons (Fsp3) is 0.100. The van der Waals surface area contributed by atoms with Crippen LogP contribution in [0, 0.1) is 0 Å². The lowest BCUT2D eigenvalue weighted by Crippen LogP contribution is -2.24. The van der Waals surface area contributed by atoms with Gasteiger partial charge in [0.05, 0.1) is 27.8 Å². The Morgan fingerprint density at radius 1 is 1.17 bits per heavy atom. The Kier molecular flexibility index (Phi) is 7.19. The lowest BCUT2D eigenvalue weighted by Gasteiger charge is -2.08. The van der Waals surface area contributed by atoms with Gasteiger partial charge in [0.25, 0.3) is 5.91 Å². The Morgan fingerprint density at radius 2 is 2.00 bits per heavy atom. The molecule has 0 bridgehead atoms. The molecular weight excluding hydrogens is 483 g/mol. The van der Waals surface area contributed by atoms with Crippen molar-refractivity contribution in [2.24, 2.45) is 5.10 Å². The van der Waals surface area contributed by atoms with Crippen molar-refractivity contribution < 1.29 is 18.7 Å². The number of benzene rings is 2. The summed E-state index contributed by atoms with van der Waals surface area (Å²) in [5, 5.41) is 4.77. The zero-order valence-corrected chi connectivity index (χ0v) is 18.2. The summed E-state index contributed by atoms with van der Waals surface area (Å²) in [5.74, 6) is 1.84. The van der Waals surface area contributed by atoms with Crippen LogP contribution in [0.15, 0.2) is 62.5 Å². The van der Waals surface area contributed by atoms with Crippen LogP contribution >= 0.6 is 39.1 Å². The van der Waals surface area contributed by atoms with Crippen molar-refractivity contribution in [3.8, 4) is 22.8 Å². The van der Waals surface area contributed by atoms with Gasteiger partial charge in [-0.3, -0.25) is 4.79 Å². The molecule has 0 saturated heterocycles. The molecule has 0 aliphatic carbocycles. The standard InChI is InChI=1S/C20H15BrCl2N2O4/c1-27-13-3-7-19(15(21)9-13)28-11-20(26)25-24-10-14-4-6-18(29-14)12-2-5-16(22)17(23)8-12/h2-10H,11H2,1H3,(H,25,26)/b24-10+. The molecule has 150 valence electrons. The third-order valence-corrected chi connectivity index (χ3v) is 5.07. The minimum atomic E-state index is -0.416. The largest absolute Gasteiger partial charge is 0.497 e. The molecule has 0 radical (unpaired) electrons. The van der Waals surface area contributed by atoms with E-state index in [1.54, 1.807) is 55.6 Å². The minimum absolute atomic E-state index is 0.199. The van der Waals surface area contributed by atoms with E-state index in [0.717, 1.165) is 5.56 Å². The Balaban J connectivity index is 1.53. The summed E-state index contributed by atoms with van der Waals surface area (Å²) in [5.41, 5.74) is 3.16. The maximum absolute atomic E-state index is 11.9. The highest BCUT2D eigenvalue weighted by molar-refractivity contribution is 9.10. The summed E-state index contributed by atoms with van der Waals surface area (Å²) in [4.78, 5) is 11.9. The third kappa shape index (κ3) is 5.76. The molecule has 0 spiro atoms. The molecule has 9 heteroatoms. The summed E-state index contributed by atoms with van der Waals surface area (Å²) in [6.45, 7) is -0.199. The molecule has 1 heterocycles. The van der Waals surface area contributed by atoms with E-state index in [2.05, 4.69) is 26.5 Å². The molecule has 1 amide bonds. The molecule has 29 heavy (non-hydrogen) atoms. The number of hydrazone groups is 1. The number of hydrogen-bond donors (Lipinski definition) is 1. The third-order valence-electron chi connectivity index (χ3n) is 3.71. The quantitative estimate of drug-likeness (QED) is 0.343. The first kappa shape index (κ1) is 21.2. The number of methoxy groups -OCH3 is 1. The van der Waals surface area contributed by atoms with Crippen molar-refractivity contribution in [3.63, 3.8) is 0 Å². The van der Waals surface area contributed by atoms with E-state index in [1.807, 2.05) is 0 Å². The van der Waals surface area contributed by atoms with Crippen LogP contribution in [0.1, 0.15) is 5.76 Å². The maximum atomic E-state index is 11.9. The molecule has 0 fully saturated rings. The predicted molar refractivity (Wildman–Crippen MR) is 116 cm³/mol. The van der Waals surface area contributed by atoms with Gasteiger partial charge in [0.2, 0.25) is 0 Å². The average molecular weight is 498 g/mol. The molecule has 0 aliphatic rings. The molecule has 0 unspecified atom stereocenters. The van der Waals surface area contributed by atoms with Gasteiger partial charge in [-0.2, -0.15) is 5.10 Å². The van der Waals surface area contributed by atoms with Gasteiger partial charge in [-0.15, -0.1) is 0 Å². The summed E-state index contributed by atoms with van der Waals surface area (Å²) in [6.07, 6.45) is 1.39. The first-order chi connectivity index (χ1) is 14.0. The van der Waals surface area contributed by atoms with Crippen molar-refractivity contribution in [1.82, 2.24) is 5.43 Å². The van der Waals surface area contributed by atoms with Crippen LogP contribution in [0.25, 0.3) is 11.3 Å². The smallest absolute Gasteiger partial charge is 0.277 e. The van der Waals surface area contributed by atoms with Gasteiger partial charge in [-0.1, -0.05) is 23.2 Å². The Bertz CT molecular complexity index is 1050. The number of hydrogen-bond acceptors (Lipinski definition) is 5. The monoisotopic (exact) mass is 496 g/mol. The van der Waals surface area contributed by atoms with Crippen LogP contribution in [0.3, 0.4) is 0 Å². The number of amides is 1. The second kappa shape index (κ2) is 9.82. The molecular formula is C20H15BrCl2N2O4.